The summed E-state index contributed by atoms with van der Waals surface area (Å²) in [5, 5.41) is 10.6. The maximum atomic E-state index is 13.9. The monoisotopic (exact) mass is 470 g/mol. The van der Waals surface area contributed by atoms with Gasteiger partial charge in [0.25, 0.3) is 0 Å². The Kier molecular flexibility index (Phi) is 8.01. The van der Waals surface area contributed by atoms with Crippen molar-refractivity contribution in [3.8, 4) is 0 Å². The third-order valence-corrected chi connectivity index (χ3v) is 7.54. The van der Waals surface area contributed by atoms with Crippen LogP contribution in [0, 0.1) is 5.82 Å². The Morgan fingerprint density at radius 2 is 1.87 bits per heavy atom. The average Bonchev–Trinajstić information content (AvgIpc) is 2.77. The van der Waals surface area contributed by atoms with Gasteiger partial charge in [-0.15, -0.1) is 0 Å². The molecule has 1 saturated heterocycles. The first-order chi connectivity index (χ1) is 14.8. The number of carbonyl (C=O) groups is 1. The van der Waals surface area contributed by atoms with Crippen LogP contribution in [0.15, 0.2) is 48.5 Å². The van der Waals surface area contributed by atoms with Crippen molar-refractivity contribution in [1.82, 2.24) is 9.37 Å². The lowest BCUT2D eigenvalue weighted by atomic mass is 10.1. The lowest BCUT2D eigenvalue weighted by molar-refractivity contribution is -0.159. The molecule has 1 heterocycles. The smallest absolute Gasteiger partial charge is 0.233 e. The summed E-state index contributed by atoms with van der Waals surface area (Å²) >= 11 is 6.01. The van der Waals surface area contributed by atoms with Gasteiger partial charge in [0.2, 0.25) is 16.4 Å². The molecule has 1 fully saturated rings. The Morgan fingerprint density at radius 1 is 1.19 bits per heavy atom. The molecule has 1 unspecified atom stereocenters. The van der Waals surface area contributed by atoms with Gasteiger partial charge in [-0.1, -0.05) is 48.0 Å². The molecule has 1 amide bonds. The Balaban J connectivity index is 1.59. The normalized spacial score (nSPS) is 16.7. The number of carbonyl (C=O) groups excluding carboxylic acids is 1. The van der Waals surface area contributed by atoms with Gasteiger partial charge in [0, 0.05) is 23.7 Å². The maximum Gasteiger partial charge on any atom is 0.233 e. The van der Waals surface area contributed by atoms with E-state index in [0.717, 1.165) is 0 Å². The number of amides is 1. The van der Waals surface area contributed by atoms with Crippen LogP contribution < -0.4 is 0 Å². The fourth-order valence-corrected chi connectivity index (χ4v) is 5.47. The first-order valence-electron chi connectivity index (χ1n) is 9.81. The van der Waals surface area contributed by atoms with E-state index in [2.05, 4.69) is 0 Å². The predicted molar refractivity (Wildman–Crippen MR) is 113 cm³/mol. The third kappa shape index (κ3) is 6.02. The fraction of sp³-hybridized carbons (Fsp3) is 0.381. The number of halogens is 2. The average molecular weight is 471 g/mol. The zero-order chi connectivity index (χ0) is 22.4. The van der Waals surface area contributed by atoms with Gasteiger partial charge in [-0.25, -0.2) is 22.2 Å². The molecule has 0 saturated carbocycles. The van der Waals surface area contributed by atoms with Crippen LogP contribution in [0.1, 0.15) is 30.0 Å². The van der Waals surface area contributed by atoms with Gasteiger partial charge in [-0.3, -0.25) is 10.0 Å². The number of hydroxylamine groups is 2. The van der Waals surface area contributed by atoms with Crippen LogP contribution in [0.2, 0.25) is 5.02 Å². The molecule has 0 radical (unpaired) electrons. The Morgan fingerprint density at radius 3 is 2.48 bits per heavy atom. The lowest BCUT2D eigenvalue weighted by Gasteiger charge is -2.33. The van der Waals surface area contributed by atoms with Crippen molar-refractivity contribution >= 4 is 28.0 Å². The number of rotatable bonds is 9. The number of ether oxygens (including phenoxy) is 1. The van der Waals surface area contributed by atoms with Crippen LogP contribution in [0.4, 0.5) is 4.39 Å². The zero-order valence-corrected chi connectivity index (χ0v) is 18.3. The van der Waals surface area contributed by atoms with E-state index in [9.17, 15) is 22.8 Å². The zero-order valence-electron chi connectivity index (χ0n) is 16.7. The van der Waals surface area contributed by atoms with Crippen LogP contribution in [0.5, 0.6) is 0 Å². The minimum atomic E-state index is -3.75. The van der Waals surface area contributed by atoms with Crippen molar-refractivity contribution in [2.75, 3.05) is 18.8 Å². The summed E-state index contributed by atoms with van der Waals surface area (Å²) < 4.78 is 46.8. The summed E-state index contributed by atoms with van der Waals surface area (Å²) in [4.78, 5) is 11.1. The van der Waals surface area contributed by atoms with Gasteiger partial charge in [-0.2, -0.15) is 0 Å². The Bertz CT molecular complexity index is 964. The topological polar surface area (TPSA) is 87.2 Å². The highest BCUT2D eigenvalue weighted by Gasteiger charge is 2.33. The molecule has 0 bridgehead atoms. The summed E-state index contributed by atoms with van der Waals surface area (Å²) in [5.41, 5.74) is 0.794. The molecular weight excluding hydrogens is 447 g/mol. The molecule has 0 aromatic heterocycles. The first-order valence-corrected chi connectivity index (χ1v) is 11.8. The Labute approximate surface area is 186 Å². The van der Waals surface area contributed by atoms with Crippen molar-refractivity contribution in [2.45, 2.75) is 31.6 Å². The number of sulfonamides is 1. The van der Waals surface area contributed by atoms with E-state index in [1.54, 1.807) is 36.4 Å². The molecule has 0 aliphatic carbocycles. The molecule has 1 aliphatic rings. The number of nitrogens with zero attached hydrogens (tertiary/aromatic N) is 2. The van der Waals surface area contributed by atoms with Crippen molar-refractivity contribution in [3.63, 3.8) is 0 Å². The van der Waals surface area contributed by atoms with Gasteiger partial charge in [0.05, 0.1) is 24.5 Å². The SMILES string of the molecule is O=CN(O)C(CS(=O)(=O)N1CCC(OCc2c(F)cccc2Cl)CC1)c1ccccc1. The van der Waals surface area contributed by atoms with Crippen molar-refractivity contribution in [3.05, 3.63) is 70.5 Å². The minimum absolute atomic E-state index is 0.0117. The molecule has 1 N–H and O–H groups in total. The van der Waals surface area contributed by atoms with E-state index < -0.39 is 27.6 Å². The van der Waals surface area contributed by atoms with Crippen molar-refractivity contribution < 1.29 is 27.5 Å². The number of hydrogen-bond acceptors (Lipinski definition) is 5. The number of hydrogen-bond donors (Lipinski definition) is 1. The van der Waals surface area contributed by atoms with E-state index in [0.29, 0.717) is 23.5 Å². The molecule has 10 heteroatoms. The highest BCUT2D eigenvalue weighted by molar-refractivity contribution is 7.89. The van der Waals surface area contributed by atoms with Crippen molar-refractivity contribution in [1.29, 1.82) is 0 Å². The van der Waals surface area contributed by atoms with E-state index in [1.165, 1.54) is 16.4 Å². The first kappa shape index (κ1) is 23.6. The van der Waals surface area contributed by atoms with Gasteiger partial charge in [-0.05, 0) is 30.5 Å². The second-order valence-corrected chi connectivity index (χ2v) is 9.72. The largest absolute Gasteiger partial charge is 0.373 e. The molecule has 168 valence electrons. The quantitative estimate of drug-likeness (QED) is 0.345. The Hall–Kier alpha value is -2.04. The molecule has 7 nitrogen and oxygen atoms in total. The summed E-state index contributed by atoms with van der Waals surface area (Å²) in [5.74, 6) is -0.883. The van der Waals surface area contributed by atoms with Gasteiger partial charge < -0.3 is 4.74 Å². The molecule has 31 heavy (non-hydrogen) atoms. The third-order valence-electron chi connectivity index (χ3n) is 5.30. The summed E-state index contributed by atoms with van der Waals surface area (Å²) in [6.45, 7) is 0.468. The molecule has 1 atom stereocenters. The summed E-state index contributed by atoms with van der Waals surface area (Å²) in [6.07, 6.45) is 0.855. The fourth-order valence-electron chi connectivity index (χ4n) is 3.53. The van der Waals surface area contributed by atoms with E-state index in [4.69, 9.17) is 16.3 Å². The molecule has 3 rings (SSSR count). The van der Waals surface area contributed by atoms with E-state index in [-0.39, 0.29) is 42.8 Å². The predicted octanol–water partition coefficient (Wildman–Crippen LogP) is 3.38. The minimum Gasteiger partial charge on any atom is -0.373 e. The lowest BCUT2D eigenvalue weighted by Crippen LogP contribution is -2.44. The highest BCUT2D eigenvalue weighted by Crippen LogP contribution is 2.26. The molecule has 2 aromatic rings. The van der Waals surface area contributed by atoms with Gasteiger partial charge in [0.15, 0.2) is 0 Å². The van der Waals surface area contributed by atoms with Crippen LogP contribution in [-0.4, -0.2) is 54.3 Å². The number of piperidine rings is 1. The van der Waals surface area contributed by atoms with Crippen LogP contribution >= 0.6 is 11.6 Å². The maximum absolute atomic E-state index is 13.9. The van der Waals surface area contributed by atoms with Crippen molar-refractivity contribution in [2.24, 2.45) is 0 Å². The van der Waals surface area contributed by atoms with E-state index in [1.807, 2.05) is 0 Å². The van der Waals surface area contributed by atoms with Crippen LogP contribution in [0.25, 0.3) is 0 Å². The van der Waals surface area contributed by atoms with Gasteiger partial charge >= 0.3 is 0 Å². The molecular formula is C21H24ClFN2O5S. The molecule has 2 aromatic carbocycles. The molecule has 0 spiro atoms. The highest BCUT2D eigenvalue weighted by atomic mass is 35.5. The second-order valence-electron chi connectivity index (χ2n) is 7.30. The van der Waals surface area contributed by atoms with E-state index >= 15 is 0 Å². The standard InChI is InChI=1S/C21H24ClFN2O5S/c22-19-7-4-8-20(23)18(19)13-30-17-9-11-24(12-10-17)31(28,29)14-21(25(27)15-26)16-5-2-1-3-6-16/h1-8,15,17,21,27H,9-14H2. The van der Waals surface area contributed by atoms with Crippen LogP contribution in [0.3, 0.4) is 0 Å². The number of benzene rings is 2. The second kappa shape index (κ2) is 10.5. The van der Waals surface area contributed by atoms with Gasteiger partial charge in [0.1, 0.15) is 5.82 Å². The summed E-state index contributed by atoms with van der Waals surface area (Å²) in [6, 6.07) is 11.9. The molecule has 1 aliphatic heterocycles. The van der Waals surface area contributed by atoms with Crippen LogP contribution in [-0.2, 0) is 26.2 Å². The summed E-state index contributed by atoms with van der Waals surface area (Å²) in [7, 11) is -3.75.